The van der Waals surface area contributed by atoms with Crippen LogP contribution in [0.15, 0.2) is 18.3 Å². The van der Waals surface area contributed by atoms with Crippen LogP contribution in [0.5, 0.6) is 0 Å². The zero-order valence-electron chi connectivity index (χ0n) is 10.7. The smallest absolute Gasteiger partial charge is 0.407 e. The molecule has 0 aromatic carbocycles. The number of carbonyl (C=O) groups is 1. The van der Waals surface area contributed by atoms with Crippen molar-refractivity contribution in [1.29, 1.82) is 0 Å². The lowest BCUT2D eigenvalue weighted by atomic mass is 9.96. The third kappa shape index (κ3) is 3.62. The summed E-state index contributed by atoms with van der Waals surface area (Å²) in [6.45, 7) is 5.94. The molecule has 0 fully saturated rings. The molecular weight excluding hydrogens is 218 g/mol. The zero-order chi connectivity index (χ0) is 12.9. The number of ether oxygens (including phenoxy) is 1. The van der Waals surface area contributed by atoms with Crippen molar-refractivity contribution < 1.29 is 9.53 Å². The molecular formula is C12H19N3O2. The van der Waals surface area contributed by atoms with Gasteiger partial charge in [-0.05, 0) is 32.4 Å². The van der Waals surface area contributed by atoms with Gasteiger partial charge in [0.25, 0.3) is 0 Å². The number of rotatable bonds is 4. The molecule has 0 saturated heterocycles. The van der Waals surface area contributed by atoms with Crippen LogP contribution in [0, 0.1) is 0 Å². The van der Waals surface area contributed by atoms with E-state index in [4.69, 9.17) is 4.74 Å². The van der Waals surface area contributed by atoms with E-state index in [-0.39, 0.29) is 0 Å². The highest BCUT2D eigenvalue weighted by molar-refractivity contribution is 5.68. The van der Waals surface area contributed by atoms with Crippen molar-refractivity contribution in [2.45, 2.75) is 26.3 Å². The van der Waals surface area contributed by atoms with Gasteiger partial charge in [-0.1, -0.05) is 6.07 Å². The van der Waals surface area contributed by atoms with Crippen molar-refractivity contribution in [2.24, 2.45) is 0 Å². The van der Waals surface area contributed by atoms with Gasteiger partial charge in [-0.25, -0.2) is 9.78 Å². The summed E-state index contributed by atoms with van der Waals surface area (Å²) in [5.41, 5.74) is 0.412. The Balaban J connectivity index is 2.77. The molecule has 5 heteroatoms. The lowest BCUT2D eigenvalue weighted by molar-refractivity contribution is 0.141. The van der Waals surface area contributed by atoms with Crippen LogP contribution in [0.4, 0.5) is 10.6 Å². The fourth-order valence-corrected chi connectivity index (χ4v) is 1.41. The highest BCUT2D eigenvalue weighted by atomic mass is 16.5. The molecule has 0 unspecified atom stereocenters. The number of alkyl carbamates (subject to hydrolysis) is 1. The van der Waals surface area contributed by atoms with Gasteiger partial charge in [-0.3, -0.25) is 0 Å². The molecule has 94 valence electrons. The molecule has 17 heavy (non-hydrogen) atoms. The van der Waals surface area contributed by atoms with Crippen LogP contribution in [-0.4, -0.2) is 24.7 Å². The van der Waals surface area contributed by atoms with Crippen molar-refractivity contribution in [2.75, 3.05) is 19.0 Å². The minimum atomic E-state index is -0.508. The van der Waals surface area contributed by atoms with Gasteiger partial charge in [-0.15, -0.1) is 0 Å². The first-order valence-electron chi connectivity index (χ1n) is 5.59. The molecule has 0 atom stereocenters. The summed E-state index contributed by atoms with van der Waals surface area (Å²) >= 11 is 0. The number of carbonyl (C=O) groups excluding carboxylic acids is 1. The summed E-state index contributed by atoms with van der Waals surface area (Å²) in [7, 11) is 1.81. The van der Waals surface area contributed by atoms with Crippen molar-refractivity contribution in [3.8, 4) is 0 Å². The Hall–Kier alpha value is -1.78. The third-order valence-electron chi connectivity index (χ3n) is 2.43. The normalized spacial score (nSPS) is 10.8. The summed E-state index contributed by atoms with van der Waals surface area (Å²) in [5.74, 6) is 0.792. The van der Waals surface area contributed by atoms with Crippen molar-refractivity contribution in [3.63, 3.8) is 0 Å². The topological polar surface area (TPSA) is 63.2 Å². The van der Waals surface area contributed by atoms with E-state index in [0.717, 1.165) is 11.4 Å². The zero-order valence-corrected chi connectivity index (χ0v) is 10.7. The standard InChI is InChI=1S/C12H19N3O2/c1-5-17-11(16)15-12(2,3)9-6-7-10(13-4)14-8-9/h6-8H,5H2,1-4H3,(H,13,14)(H,15,16). The highest BCUT2D eigenvalue weighted by Crippen LogP contribution is 2.20. The van der Waals surface area contributed by atoms with E-state index < -0.39 is 11.6 Å². The maximum Gasteiger partial charge on any atom is 0.407 e. The van der Waals surface area contributed by atoms with Gasteiger partial charge in [0.05, 0.1) is 12.1 Å². The molecule has 1 aromatic heterocycles. The number of anilines is 1. The number of aromatic nitrogens is 1. The largest absolute Gasteiger partial charge is 0.450 e. The second kappa shape index (κ2) is 5.52. The molecule has 5 nitrogen and oxygen atoms in total. The molecule has 0 aliphatic rings. The molecule has 1 heterocycles. The first kappa shape index (κ1) is 13.3. The summed E-state index contributed by atoms with van der Waals surface area (Å²) in [5, 5.41) is 5.73. The minimum Gasteiger partial charge on any atom is -0.450 e. The lowest BCUT2D eigenvalue weighted by Gasteiger charge is -2.26. The molecule has 0 bridgehead atoms. The van der Waals surface area contributed by atoms with Gasteiger partial charge in [0.15, 0.2) is 0 Å². The Kier molecular flexibility index (Phi) is 4.31. The number of hydrogen-bond acceptors (Lipinski definition) is 4. The van der Waals surface area contributed by atoms with Gasteiger partial charge in [0.1, 0.15) is 5.82 Å². The summed E-state index contributed by atoms with van der Waals surface area (Å²) in [6.07, 6.45) is 1.31. The van der Waals surface area contributed by atoms with Crippen LogP contribution in [0.25, 0.3) is 0 Å². The van der Waals surface area contributed by atoms with Gasteiger partial charge >= 0.3 is 6.09 Å². The predicted molar refractivity (Wildman–Crippen MR) is 67.0 cm³/mol. The second-order valence-corrected chi connectivity index (χ2v) is 4.15. The molecule has 1 rings (SSSR count). The Morgan fingerprint density at radius 1 is 1.47 bits per heavy atom. The molecule has 0 aliphatic heterocycles. The molecule has 0 spiro atoms. The molecule has 0 aliphatic carbocycles. The second-order valence-electron chi connectivity index (χ2n) is 4.15. The summed E-state index contributed by atoms with van der Waals surface area (Å²) in [4.78, 5) is 15.6. The minimum absolute atomic E-state index is 0.360. The van der Waals surface area contributed by atoms with Crippen molar-refractivity contribution in [1.82, 2.24) is 10.3 Å². The monoisotopic (exact) mass is 237 g/mol. The van der Waals surface area contributed by atoms with Crippen molar-refractivity contribution in [3.05, 3.63) is 23.9 Å². The average Bonchev–Trinajstić information content (AvgIpc) is 2.28. The summed E-state index contributed by atoms with van der Waals surface area (Å²) < 4.78 is 4.86. The van der Waals surface area contributed by atoms with Gasteiger partial charge < -0.3 is 15.4 Å². The van der Waals surface area contributed by atoms with E-state index in [2.05, 4.69) is 15.6 Å². The van der Waals surface area contributed by atoms with E-state index >= 15 is 0 Å². The van der Waals surface area contributed by atoms with Crippen molar-refractivity contribution >= 4 is 11.9 Å². The average molecular weight is 237 g/mol. The number of hydrogen-bond donors (Lipinski definition) is 2. The number of amides is 1. The Labute approximate surface area is 102 Å². The first-order valence-corrected chi connectivity index (χ1v) is 5.59. The molecule has 1 amide bonds. The number of pyridine rings is 1. The Bertz CT molecular complexity index is 374. The first-order chi connectivity index (χ1) is 7.99. The van der Waals surface area contributed by atoms with Crippen LogP contribution in [0.2, 0.25) is 0 Å². The molecule has 2 N–H and O–H groups in total. The number of nitrogens with one attached hydrogen (secondary N) is 2. The number of nitrogens with zero attached hydrogens (tertiary/aromatic N) is 1. The van der Waals surface area contributed by atoms with Crippen LogP contribution in [0.1, 0.15) is 26.3 Å². The molecule has 0 radical (unpaired) electrons. The van der Waals surface area contributed by atoms with E-state index in [0.29, 0.717) is 6.61 Å². The molecule has 1 aromatic rings. The van der Waals surface area contributed by atoms with E-state index in [1.54, 1.807) is 13.1 Å². The highest BCUT2D eigenvalue weighted by Gasteiger charge is 2.23. The quantitative estimate of drug-likeness (QED) is 0.841. The Morgan fingerprint density at radius 3 is 2.65 bits per heavy atom. The predicted octanol–water partition coefficient (Wildman–Crippen LogP) is 2.10. The lowest BCUT2D eigenvalue weighted by Crippen LogP contribution is -2.41. The van der Waals surface area contributed by atoms with Crippen LogP contribution in [-0.2, 0) is 10.3 Å². The Morgan fingerprint density at radius 2 is 2.18 bits per heavy atom. The molecule has 0 saturated carbocycles. The van der Waals surface area contributed by atoms with Gasteiger partial charge in [-0.2, -0.15) is 0 Å². The van der Waals surface area contributed by atoms with Crippen LogP contribution >= 0.6 is 0 Å². The third-order valence-corrected chi connectivity index (χ3v) is 2.43. The van der Waals surface area contributed by atoms with Gasteiger partial charge in [0, 0.05) is 13.2 Å². The van der Waals surface area contributed by atoms with Gasteiger partial charge in [0.2, 0.25) is 0 Å². The van der Waals surface area contributed by atoms with E-state index in [9.17, 15) is 4.79 Å². The fraction of sp³-hybridized carbons (Fsp3) is 0.500. The van der Waals surface area contributed by atoms with E-state index in [1.807, 2.05) is 33.0 Å². The fourth-order valence-electron chi connectivity index (χ4n) is 1.41. The van der Waals surface area contributed by atoms with Crippen LogP contribution in [0.3, 0.4) is 0 Å². The summed E-state index contributed by atoms with van der Waals surface area (Å²) in [6, 6.07) is 3.79. The van der Waals surface area contributed by atoms with Crippen LogP contribution < -0.4 is 10.6 Å². The SMILES string of the molecule is CCOC(=O)NC(C)(C)c1ccc(NC)nc1. The maximum absolute atomic E-state index is 11.4. The van der Waals surface area contributed by atoms with E-state index in [1.165, 1.54) is 0 Å². The maximum atomic E-state index is 11.4.